The molecular formula is C24H19FN6S. The smallest absolute Gasteiger partial charge is 0.167 e. The maximum absolute atomic E-state index is 13.3. The number of halogens is 1. The zero-order chi connectivity index (χ0) is 21.5. The molecule has 8 heteroatoms. The number of thioether (sulfide) groups is 1. The predicted octanol–water partition coefficient (Wildman–Crippen LogP) is 4.92. The first kappa shape index (κ1) is 19.2. The molecule has 0 spiro atoms. The van der Waals surface area contributed by atoms with E-state index in [4.69, 9.17) is 5.10 Å². The van der Waals surface area contributed by atoms with E-state index >= 15 is 0 Å². The van der Waals surface area contributed by atoms with Crippen molar-refractivity contribution in [1.29, 1.82) is 0 Å². The Morgan fingerprint density at radius 1 is 0.906 bits per heavy atom. The first-order valence-electron chi connectivity index (χ1n) is 10.5. The molecule has 1 aliphatic rings. The summed E-state index contributed by atoms with van der Waals surface area (Å²) in [6.07, 6.45) is 6.62. The zero-order valence-electron chi connectivity index (χ0n) is 17.1. The largest absolute Gasteiger partial charge is 0.237 e. The van der Waals surface area contributed by atoms with E-state index in [1.54, 1.807) is 41.1 Å². The van der Waals surface area contributed by atoms with Gasteiger partial charge < -0.3 is 0 Å². The molecule has 0 saturated heterocycles. The predicted molar refractivity (Wildman–Crippen MR) is 122 cm³/mol. The van der Waals surface area contributed by atoms with Crippen molar-refractivity contribution in [2.24, 2.45) is 0 Å². The lowest BCUT2D eigenvalue weighted by Crippen LogP contribution is -2.01. The van der Waals surface area contributed by atoms with Gasteiger partial charge in [-0.3, -0.25) is 0 Å². The molecule has 0 atom stereocenters. The minimum Gasteiger partial charge on any atom is -0.237 e. The molecule has 3 aromatic heterocycles. The van der Waals surface area contributed by atoms with Crippen LogP contribution in [-0.2, 0) is 18.6 Å². The molecule has 2 aromatic carbocycles. The van der Waals surface area contributed by atoms with Gasteiger partial charge in [0.05, 0.1) is 28.7 Å². The Morgan fingerprint density at radius 3 is 2.56 bits per heavy atom. The third-order valence-corrected chi connectivity index (χ3v) is 6.78. The number of hydrogen-bond acceptors (Lipinski definition) is 5. The summed E-state index contributed by atoms with van der Waals surface area (Å²) in [6.45, 7) is 0. The molecule has 0 unspecified atom stereocenters. The highest BCUT2D eigenvalue weighted by molar-refractivity contribution is 7.98. The number of fused-ring (bicyclic) bond motifs is 2. The number of aromatic nitrogens is 6. The third kappa shape index (κ3) is 3.27. The molecule has 6 rings (SSSR count). The number of benzene rings is 2. The van der Waals surface area contributed by atoms with Gasteiger partial charge in [0.15, 0.2) is 5.65 Å². The lowest BCUT2D eigenvalue weighted by Gasteiger charge is -2.05. The normalized spacial score (nSPS) is 13.0. The average molecular weight is 443 g/mol. The molecule has 0 N–H and O–H groups in total. The van der Waals surface area contributed by atoms with Crippen molar-refractivity contribution in [3.8, 4) is 11.4 Å². The van der Waals surface area contributed by atoms with E-state index in [0.29, 0.717) is 5.65 Å². The second kappa shape index (κ2) is 7.87. The van der Waals surface area contributed by atoms with Crippen LogP contribution in [0.5, 0.6) is 0 Å². The molecule has 1 aliphatic carbocycles. The van der Waals surface area contributed by atoms with Gasteiger partial charge in [-0.2, -0.15) is 10.2 Å². The second-order valence-corrected chi connectivity index (χ2v) is 8.67. The van der Waals surface area contributed by atoms with Crippen molar-refractivity contribution in [2.45, 2.75) is 30.0 Å². The minimum absolute atomic E-state index is 0.279. The summed E-state index contributed by atoms with van der Waals surface area (Å²) in [5, 5.41) is 11.2. The van der Waals surface area contributed by atoms with Crippen LogP contribution < -0.4 is 0 Å². The van der Waals surface area contributed by atoms with Crippen LogP contribution in [0.25, 0.3) is 22.4 Å². The Morgan fingerprint density at radius 2 is 1.72 bits per heavy atom. The van der Waals surface area contributed by atoms with Gasteiger partial charge in [-0.1, -0.05) is 30.0 Å². The molecule has 6 nitrogen and oxygen atoms in total. The van der Waals surface area contributed by atoms with Gasteiger partial charge in [-0.05, 0) is 61.2 Å². The van der Waals surface area contributed by atoms with Crippen LogP contribution in [0.1, 0.15) is 23.4 Å². The van der Waals surface area contributed by atoms with Gasteiger partial charge >= 0.3 is 0 Å². The fourth-order valence-electron chi connectivity index (χ4n) is 4.26. The van der Waals surface area contributed by atoms with Crippen LogP contribution >= 0.6 is 11.8 Å². The molecule has 158 valence electrons. The lowest BCUT2D eigenvalue weighted by molar-refractivity contribution is 0.627. The summed E-state index contributed by atoms with van der Waals surface area (Å²) in [5.41, 5.74) is 6.37. The Bertz CT molecular complexity index is 1410. The van der Waals surface area contributed by atoms with Gasteiger partial charge in [-0.25, -0.2) is 23.7 Å². The molecule has 5 aromatic rings. The van der Waals surface area contributed by atoms with Crippen LogP contribution in [0.2, 0.25) is 0 Å². The van der Waals surface area contributed by atoms with E-state index in [0.717, 1.165) is 46.1 Å². The summed E-state index contributed by atoms with van der Waals surface area (Å²) in [4.78, 5) is 8.93. The highest BCUT2D eigenvalue weighted by Crippen LogP contribution is 2.33. The van der Waals surface area contributed by atoms with Crippen LogP contribution in [0, 0.1) is 5.82 Å². The monoisotopic (exact) mass is 442 g/mol. The standard InChI is InChI=1S/C24H19FN6S/c25-16-9-11-18(12-10-16)31-23-20(13-28-31)24(27-15-26-23)32-14-21-19-7-4-8-22(19)30(29-21)17-5-2-1-3-6-17/h1-3,5-6,9-13,15H,4,7-8,14H2. The quantitative estimate of drug-likeness (QED) is 0.286. The summed E-state index contributed by atoms with van der Waals surface area (Å²) in [7, 11) is 0. The van der Waals surface area contributed by atoms with Crippen molar-refractivity contribution in [3.63, 3.8) is 0 Å². The molecule has 0 saturated carbocycles. The highest BCUT2D eigenvalue weighted by Gasteiger charge is 2.23. The summed E-state index contributed by atoms with van der Waals surface area (Å²) >= 11 is 1.65. The van der Waals surface area contributed by atoms with Crippen molar-refractivity contribution in [1.82, 2.24) is 29.5 Å². The Labute approximate surface area is 188 Å². The van der Waals surface area contributed by atoms with Crippen LogP contribution in [0.15, 0.2) is 72.1 Å². The summed E-state index contributed by atoms with van der Waals surface area (Å²) < 4.78 is 17.1. The van der Waals surface area contributed by atoms with E-state index in [1.807, 2.05) is 18.2 Å². The summed E-state index contributed by atoms with van der Waals surface area (Å²) in [6, 6.07) is 16.5. The molecule has 0 amide bonds. The third-order valence-electron chi connectivity index (χ3n) is 5.76. The molecule has 0 bridgehead atoms. The van der Waals surface area contributed by atoms with E-state index in [1.165, 1.54) is 29.8 Å². The van der Waals surface area contributed by atoms with Crippen molar-refractivity contribution in [2.75, 3.05) is 0 Å². The Balaban J connectivity index is 1.31. The van der Waals surface area contributed by atoms with E-state index < -0.39 is 0 Å². The average Bonchev–Trinajstić information content (AvgIpc) is 3.55. The van der Waals surface area contributed by atoms with Gasteiger partial charge in [0, 0.05) is 11.4 Å². The van der Waals surface area contributed by atoms with E-state index in [-0.39, 0.29) is 5.82 Å². The highest BCUT2D eigenvalue weighted by atomic mass is 32.2. The fourth-order valence-corrected chi connectivity index (χ4v) is 5.18. The first-order chi connectivity index (χ1) is 15.8. The number of nitrogens with zero attached hydrogens (tertiary/aromatic N) is 6. The maximum Gasteiger partial charge on any atom is 0.167 e. The van der Waals surface area contributed by atoms with Crippen LogP contribution in [0.4, 0.5) is 4.39 Å². The maximum atomic E-state index is 13.3. The minimum atomic E-state index is -0.279. The topological polar surface area (TPSA) is 61.4 Å². The SMILES string of the molecule is Fc1ccc(-n2ncc3c(SCc4nn(-c5ccccc5)c5c4CCC5)ncnc32)cc1. The van der Waals surface area contributed by atoms with E-state index in [2.05, 4.69) is 31.9 Å². The molecule has 0 radical (unpaired) electrons. The zero-order valence-corrected chi connectivity index (χ0v) is 18.0. The van der Waals surface area contributed by atoms with Crippen molar-refractivity contribution < 1.29 is 4.39 Å². The Kier molecular flexibility index (Phi) is 4.72. The van der Waals surface area contributed by atoms with Crippen molar-refractivity contribution in [3.05, 3.63) is 89.9 Å². The van der Waals surface area contributed by atoms with Gasteiger partial charge in [0.1, 0.15) is 17.2 Å². The van der Waals surface area contributed by atoms with Crippen molar-refractivity contribution >= 4 is 22.8 Å². The van der Waals surface area contributed by atoms with Gasteiger partial charge in [0.2, 0.25) is 0 Å². The first-order valence-corrected chi connectivity index (χ1v) is 11.5. The molecule has 3 heterocycles. The van der Waals surface area contributed by atoms with Gasteiger partial charge in [-0.15, -0.1) is 0 Å². The Hall–Kier alpha value is -3.52. The van der Waals surface area contributed by atoms with E-state index in [9.17, 15) is 4.39 Å². The number of rotatable bonds is 5. The summed E-state index contributed by atoms with van der Waals surface area (Å²) in [5.74, 6) is 0.453. The lowest BCUT2D eigenvalue weighted by atomic mass is 10.2. The fraction of sp³-hybridized carbons (Fsp3) is 0.167. The number of para-hydroxylation sites is 1. The molecular weight excluding hydrogens is 423 g/mol. The molecule has 0 fully saturated rings. The van der Waals surface area contributed by atoms with Crippen LogP contribution in [0.3, 0.4) is 0 Å². The van der Waals surface area contributed by atoms with Crippen LogP contribution in [-0.4, -0.2) is 29.5 Å². The second-order valence-electron chi connectivity index (χ2n) is 7.71. The molecule has 32 heavy (non-hydrogen) atoms. The van der Waals surface area contributed by atoms with Gasteiger partial charge in [0.25, 0.3) is 0 Å². The molecule has 0 aliphatic heterocycles. The number of hydrogen-bond donors (Lipinski definition) is 0.